The van der Waals surface area contributed by atoms with Crippen molar-refractivity contribution < 1.29 is 9.66 Å². The Kier molecular flexibility index (Phi) is 4.24. The van der Waals surface area contributed by atoms with Gasteiger partial charge >= 0.3 is 5.69 Å². The van der Waals surface area contributed by atoms with Crippen LogP contribution in [-0.2, 0) is 0 Å². The SMILES string of the molecule is CN/C=C/c1c(Br)cnc(OC)c1[N+](=O)[O-]. The molecule has 1 aromatic rings. The fourth-order valence-corrected chi connectivity index (χ4v) is 1.55. The molecule has 0 atom stereocenters. The summed E-state index contributed by atoms with van der Waals surface area (Å²) < 4.78 is 5.39. The lowest BCUT2D eigenvalue weighted by atomic mass is 10.2. The van der Waals surface area contributed by atoms with E-state index < -0.39 is 4.92 Å². The second-order valence-electron chi connectivity index (χ2n) is 2.76. The van der Waals surface area contributed by atoms with Gasteiger partial charge in [-0.15, -0.1) is 0 Å². The van der Waals surface area contributed by atoms with Gasteiger partial charge in [-0.25, -0.2) is 4.98 Å². The minimum Gasteiger partial charge on any atom is -0.476 e. The van der Waals surface area contributed by atoms with E-state index in [9.17, 15) is 10.1 Å². The van der Waals surface area contributed by atoms with Crippen LogP contribution in [0, 0.1) is 10.1 Å². The van der Waals surface area contributed by atoms with E-state index in [1.54, 1.807) is 19.3 Å². The van der Waals surface area contributed by atoms with Gasteiger partial charge in [-0.2, -0.15) is 0 Å². The first kappa shape index (κ1) is 12.4. The minimum atomic E-state index is -0.522. The molecule has 0 saturated heterocycles. The Labute approximate surface area is 101 Å². The van der Waals surface area contributed by atoms with Crippen LogP contribution in [-0.4, -0.2) is 24.1 Å². The predicted octanol–water partition coefficient (Wildman–Crippen LogP) is 1.95. The molecule has 0 bridgehead atoms. The smallest absolute Gasteiger partial charge is 0.339 e. The highest BCUT2D eigenvalue weighted by molar-refractivity contribution is 9.10. The fourth-order valence-electron chi connectivity index (χ4n) is 1.13. The molecule has 1 rings (SSSR count). The second-order valence-corrected chi connectivity index (χ2v) is 3.61. The van der Waals surface area contributed by atoms with Crippen molar-refractivity contribution in [3.8, 4) is 5.88 Å². The Bertz CT molecular complexity index is 434. The van der Waals surface area contributed by atoms with Crippen molar-refractivity contribution in [2.75, 3.05) is 14.2 Å². The molecule has 86 valence electrons. The van der Waals surface area contributed by atoms with Crippen molar-refractivity contribution in [2.24, 2.45) is 0 Å². The maximum absolute atomic E-state index is 10.9. The number of nitrogens with one attached hydrogen (secondary N) is 1. The molecule has 0 aliphatic carbocycles. The van der Waals surface area contributed by atoms with Gasteiger partial charge < -0.3 is 10.1 Å². The van der Waals surface area contributed by atoms with Gasteiger partial charge in [0.25, 0.3) is 5.88 Å². The van der Waals surface area contributed by atoms with Crippen LogP contribution < -0.4 is 10.1 Å². The molecule has 0 aliphatic heterocycles. The molecular formula is C9H10BrN3O3. The Morgan fingerprint density at radius 2 is 2.38 bits per heavy atom. The second kappa shape index (κ2) is 5.45. The lowest BCUT2D eigenvalue weighted by Crippen LogP contribution is -2.00. The number of hydrogen-bond donors (Lipinski definition) is 1. The monoisotopic (exact) mass is 287 g/mol. The summed E-state index contributed by atoms with van der Waals surface area (Å²) >= 11 is 3.21. The summed E-state index contributed by atoms with van der Waals surface area (Å²) in [4.78, 5) is 14.2. The average Bonchev–Trinajstić information content (AvgIpc) is 2.26. The molecule has 0 unspecified atom stereocenters. The molecule has 1 heterocycles. The summed E-state index contributed by atoms with van der Waals surface area (Å²) in [5.41, 5.74) is 0.245. The van der Waals surface area contributed by atoms with E-state index in [2.05, 4.69) is 26.2 Å². The summed E-state index contributed by atoms with van der Waals surface area (Å²) in [7, 11) is 3.05. The zero-order chi connectivity index (χ0) is 12.1. The van der Waals surface area contributed by atoms with Gasteiger partial charge in [0.2, 0.25) is 0 Å². The first-order valence-corrected chi connectivity index (χ1v) is 5.11. The lowest BCUT2D eigenvalue weighted by Gasteiger charge is -2.04. The summed E-state index contributed by atoms with van der Waals surface area (Å²) in [5, 5.41) is 13.7. The van der Waals surface area contributed by atoms with Crippen molar-refractivity contribution in [2.45, 2.75) is 0 Å². The van der Waals surface area contributed by atoms with E-state index >= 15 is 0 Å². The van der Waals surface area contributed by atoms with Gasteiger partial charge in [0.05, 0.1) is 22.1 Å². The maximum Gasteiger partial charge on any atom is 0.339 e. The molecule has 0 aliphatic rings. The number of halogens is 1. The van der Waals surface area contributed by atoms with E-state index in [-0.39, 0.29) is 11.6 Å². The zero-order valence-electron chi connectivity index (χ0n) is 8.73. The minimum absolute atomic E-state index is 0.0102. The Morgan fingerprint density at radius 1 is 1.69 bits per heavy atom. The lowest BCUT2D eigenvalue weighted by molar-refractivity contribution is -0.386. The molecule has 16 heavy (non-hydrogen) atoms. The normalized spacial score (nSPS) is 10.4. The molecule has 0 saturated carbocycles. The Hall–Kier alpha value is -1.63. The average molecular weight is 288 g/mol. The van der Waals surface area contributed by atoms with Gasteiger partial charge in [0, 0.05) is 13.2 Å². The van der Waals surface area contributed by atoms with E-state index in [0.717, 1.165) is 0 Å². The first-order valence-electron chi connectivity index (χ1n) is 4.32. The number of pyridine rings is 1. The highest BCUT2D eigenvalue weighted by atomic mass is 79.9. The van der Waals surface area contributed by atoms with Crippen molar-refractivity contribution in [1.82, 2.24) is 10.3 Å². The van der Waals surface area contributed by atoms with Crippen molar-refractivity contribution in [3.05, 3.63) is 32.5 Å². The van der Waals surface area contributed by atoms with Gasteiger partial charge in [-0.1, -0.05) is 0 Å². The van der Waals surface area contributed by atoms with Crippen LogP contribution in [0.25, 0.3) is 6.08 Å². The third kappa shape index (κ3) is 2.48. The molecule has 1 aromatic heterocycles. The maximum atomic E-state index is 10.9. The van der Waals surface area contributed by atoms with Crippen LogP contribution in [0.4, 0.5) is 5.69 Å². The highest BCUT2D eigenvalue weighted by Crippen LogP contribution is 2.34. The van der Waals surface area contributed by atoms with Crippen LogP contribution in [0.5, 0.6) is 5.88 Å². The third-order valence-electron chi connectivity index (χ3n) is 1.80. The van der Waals surface area contributed by atoms with E-state index in [1.165, 1.54) is 13.3 Å². The number of rotatable bonds is 4. The van der Waals surface area contributed by atoms with Crippen LogP contribution in [0.15, 0.2) is 16.9 Å². The van der Waals surface area contributed by atoms with Crippen molar-refractivity contribution in [1.29, 1.82) is 0 Å². The molecular weight excluding hydrogens is 278 g/mol. The Morgan fingerprint density at radius 3 is 2.88 bits per heavy atom. The molecule has 0 aromatic carbocycles. The number of aromatic nitrogens is 1. The van der Waals surface area contributed by atoms with Crippen molar-refractivity contribution in [3.63, 3.8) is 0 Å². The first-order chi connectivity index (χ1) is 7.61. The van der Waals surface area contributed by atoms with Crippen LogP contribution >= 0.6 is 15.9 Å². The largest absolute Gasteiger partial charge is 0.476 e. The molecule has 1 N–H and O–H groups in total. The summed E-state index contributed by atoms with van der Waals surface area (Å²) in [6.45, 7) is 0. The third-order valence-corrected chi connectivity index (χ3v) is 2.43. The molecule has 0 radical (unpaired) electrons. The quantitative estimate of drug-likeness (QED) is 0.676. The molecule has 0 amide bonds. The van der Waals surface area contributed by atoms with Crippen LogP contribution in [0.1, 0.15) is 5.56 Å². The van der Waals surface area contributed by atoms with E-state index in [1.807, 2.05) is 0 Å². The standard InChI is InChI=1S/C9H10BrN3O3/c1-11-4-3-6-7(10)5-12-9(16-2)8(6)13(14)15/h3-5,11H,1-2H3/b4-3+. The van der Waals surface area contributed by atoms with Gasteiger partial charge in [-0.05, 0) is 28.2 Å². The number of nitrogens with zero attached hydrogens (tertiary/aromatic N) is 2. The fraction of sp³-hybridized carbons (Fsp3) is 0.222. The molecule has 7 heteroatoms. The molecule has 0 fully saturated rings. The summed E-state index contributed by atoms with van der Waals surface area (Å²) in [6.07, 6.45) is 4.63. The zero-order valence-corrected chi connectivity index (χ0v) is 10.3. The van der Waals surface area contributed by atoms with Gasteiger partial charge in [0.1, 0.15) is 0 Å². The molecule has 6 nitrogen and oxygen atoms in total. The van der Waals surface area contributed by atoms with Crippen LogP contribution in [0.3, 0.4) is 0 Å². The topological polar surface area (TPSA) is 77.3 Å². The number of nitro groups is 1. The van der Waals surface area contributed by atoms with Gasteiger partial charge in [-0.3, -0.25) is 10.1 Å². The Balaban J connectivity index is 3.41. The summed E-state index contributed by atoms with van der Waals surface area (Å²) in [6, 6.07) is 0. The van der Waals surface area contributed by atoms with E-state index in [4.69, 9.17) is 4.74 Å². The summed E-state index contributed by atoms with van der Waals surface area (Å²) in [5.74, 6) is -0.0102. The highest BCUT2D eigenvalue weighted by Gasteiger charge is 2.23. The predicted molar refractivity (Wildman–Crippen MR) is 63.2 cm³/mol. The van der Waals surface area contributed by atoms with Gasteiger partial charge in [0.15, 0.2) is 0 Å². The van der Waals surface area contributed by atoms with Crippen molar-refractivity contribution >= 4 is 27.7 Å². The number of hydrogen-bond acceptors (Lipinski definition) is 5. The van der Waals surface area contributed by atoms with Crippen LogP contribution in [0.2, 0.25) is 0 Å². The number of methoxy groups -OCH3 is 1. The number of ether oxygens (including phenoxy) is 1. The van der Waals surface area contributed by atoms with E-state index in [0.29, 0.717) is 10.0 Å². The molecule has 0 spiro atoms.